The number of carboxylic acids is 1. The lowest BCUT2D eigenvalue weighted by molar-refractivity contribution is -0.139. The van der Waals surface area contributed by atoms with Gasteiger partial charge in [0.25, 0.3) is 0 Å². The van der Waals surface area contributed by atoms with Gasteiger partial charge < -0.3 is 15.5 Å². The molecule has 3 N–H and O–H groups in total. The first kappa shape index (κ1) is 11.8. The summed E-state index contributed by atoms with van der Waals surface area (Å²) >= 11 is 5.85. The number of hydrogen-bond donors (Lipinski definition) is 3. The molecule has 0 bridgehead atoms. The molecule has 0 unspecified atom stereocenters. The molecule has 4 nitrogen and oxygen atoms in total. The van der Waals surface area contributed by atoms with Gasteiger partial charge in [0.05, 0.1) is 0 Å². The highest BCUT2D eigenvalue weighted by Gasteiger charge is 2.16. The molecule has 1 aromatic rings. The van der Waals surface area contributed by atoms with Crippen LogP contribution in [0.1, 0.15) is 5.56 Å². The van der Waals surface area contributed by atoms with E-state index in [1.807, 2.05) is 0 Å². The van der Waals surface area contributed by atoms with Crippen molar-refractivity contribution in [2.24, 2.45) is 0 Å². The summed E-state index contributed by atoms with van der Waals surface area (Å²) in [5.74, 6) is -0.860. The Labute approximate surface area is 92.5 Å². The van der Waals surface area contributed by atoms with Crippen molar-refractivity contribution >= 4 is 17.6 Å². The van der Waals surface area contributed by atoms with E-state index >= 15 is 0 Å². The summed E-state index contributed by atoms with van der Waals surface area (Å²) in [6.07, 6.45) is 0.283. The first-order chi connectivity index (χ1) is 7.04. The van der Waals surface area contributed by atoms with Crippen LogP contribution in [0.25, 0.3) is 0 Å². The number of benzene rings is 1. The molecule has 0 spiro atoms. The number of carbonyl (C=O) groups is 1. The minimum Gasteiger partial charge on any atom is -0.508 e. The van der Waals surface area contributed by atoms with Gasteiger partial charge in [0.1, 0.15) is 11.8 Å². The van der Waals surface area contributed by atoms with Gasteiger partial charge in [0, 0.05) is 5.02 Å². The molecule has 0 heterocycles. The van der Waals surface area contributed by atoms with Crippen molar-refractivity contribution in [1.82, 2.24) is 5.32 Å². The zero-order valence-corrected chi connectivity index (χ0v) is 8.95. The molecule has 0 saturated heterocycles. The normalized spacial score (nSPS) is 12.4. The Morgan fingerprint density at radius 3 is 2.73 bits per heavy atom. The predicted molar refractivity (Wildman–Crippen MR) is 57.3 cm³/mol. The summed E-state index contributed by atoms with van der Waals surface area (Å²) in [6, 6.07) is 3.82. The fraction of sp³-hybridized carbons (Fsp3) is 0.300. The Balaban J connectivity index is 2.84. The number of aliphatic carboxylic acids is 1. The number of phenolic OH excluding ortho intramolecular Hbond substituents is 1. The Morgan fingerprint density at radius 2 is 2.27 bits per heavy atom. The van der Waals surface area contributed by atoms with E-state index in [9.17, 15) is 4.79 Å². The highest BCUT2D eigenvalue weighted by Crippen LogP contribution is 2.22. The lowest BCUT2D eigenvalue weighted by Crippen LogP contribution is -2.35. The molecular weight excluding hydrogens is 218 g/mol. The van der Waals surface area contributed by atoms with Gasteiger partial charge in [-0.05, 0) is 31.2 Å². The van der Waals surface area contributed by atoms with E-state index in [2.05, 4.69) is 5.32 Å². The second kappa shape index (κ2) is 5.00. The van der Waals surface area contributed by atoms with Crippen LogP contribution in [-0.2, 0) is 11.2 Å². The number of halogens is 1. The Hall–Kier alpha value is -1.26. The Kier molecular flexibility index (Phi) is 3.94. The summed E-state index contributed by atoms with van der Waals surface area (Å²) < 4.78 is 0. The highest BCUT2D eigenvalue weighted by atomic mass is 35.5. The summed E-state index contributed by atoms with van der Waals surface area (Å²) in [7, 11) is 1.58. The number of hydrogen-bond acceptors (Lipinski definition) is 3. The van der Waals surface area contributed by atoms with Gasteiger partial charge in [-0.1, -0.05) is 17.7 Å². The molecule has 5 heteroatoms. The van der Waals surface area contributed by atoms with Crippen molar-refractivity contribution < 1.29 is 15.0 Å². The number of aromatic hydroxyl groups is 1. The molecule has 0 aliphatic carbocycles. The van der Waals surface area contributed by atoms with Gasteiger partial charge >= 0.3 is 5.97 Å². The lowest BCUT2D eigenvalue weighted by Gasteiger charge is -2.12. The lowest BCUT2D eigenvalue weighted by atomic mass is 10.1. The Morgan fingerprint density at radius 1 is 1.60 bits per heavy atom. The molecule has 82 valence electrons. The van der Waals surface area contributed by atoms with Gasteiger partial charge in [-0.3, -0.25) is 4.79 Å². The zero-order valence-electron chi connectivity index (χ0n) is 8.20. The minimum atomic E-state index is -0.929. The molecule has 0 saturated carbocycles. The van der Waals surface area contributed by atoms with Crippen LogP contribution in [0, 0.1) is 0 Å². The number of phenols is 1. The topological polar surface area (TPSA) is 69.6 Å². The largest absolute Gasteiger partial charge is 0.508 e. The third-order valence-corrected chi connectivity index (χ3v) is 2.46. The maximum absolute atomic E-state index is 10.8. The van der Waals surface area contributed by atoms with Gasteiger partial charge in [0.2, 0.25) is 0 Å². The SMILES string of the molecule is CN[C@@H](Cc1ccc(O)cc1Cl)C(=O)O. The predicted octanol–water partition coefficient (Wildman–Crippen LogP) is 1.26. The van der Waals surface area contributed by atoms with Crippen LogP contribution >= 0.6 is 11.6 Å². The quantitative estimate of drug-likeness (QED) is 0.727. The summed E-state index contributed by atoms with van der Waals surface area (Å²) in [4.78, 5) is 10.8. The smallest absolute Gasteiger partial charge is 0.321 e. The fourth-order valence-electron chi connectivity index (χ4n) is 1.23. The molecule has 1 rings (SSSR count). The molecule has 0 radical (unpaired) electrons. The van der Waals surface area contributed by atoms with E-state index in [4.69, 9.17) is 21.8 Å². The van der Waals surface area contributed by atoms with Crippen LogP contribution in [0.4, 0.5) is 0 Å². The summed E-state index contributed by atoms with van der Waals surface area (Å²) in [5, 5.41) is 21.0. The summed E-state index contributed by atoms with van der Waals surface area (Å²) in [6.45, 7) is 0. The molecular formula is C10H12ClNO3. The van der Waals surface area contributed by atoms with E-state index in [0.717, 1.165) is 0 Å². The fourth-order valence-corrected chi connectivity index (χ4v) is 1.49. The second-order valence-corrected chi connectivity index (χ2v) is 3.57. The molecule has 0 amide bonds. The van der Waals surface area contributed by atoms with E-state index in [1.165, 1.54) is 12.1 Å². The maximum Gasteiger partial charge on any atom is 0.321 e. The zero-order chi connectivity index (χ0) is 11.4. The molecule has 0 fully saturated rings. The van der Waals surface area contributed by atoms with Gasteiger partial charge in [0.15, 0.2) is 0 Å². The molecule has 0 aromatic heterocycles. The van der Waals surface area contributed by atoms with Crippen molar-refractivity contribution in [1.29, 1.82) is 0 Å². The standard InChI is InChI=1S/C10H12ClNO3/c1-12-9(10(14)15)4-6-2-3-7(13)5-8(6)11/h2-3,5,9,12-13H,4H2,1H3,(H,14,15)/t9-/m0/s1. The Bertz CT molecular complexity index is 368. The van der Waals surface area contributed by atoms with Gasteiger partial charge in [-0.25, -0.2) is 0 Å². The van der Waals surface area contributed by atoms with E-state index in [1.54, 1.807) is 13.1 Å². The molecule has 0 aliphatic heterocycles. The summed E-state index contributed by atoms with van der Waals surface area (Å²) in [5.41, 5.74) is 0.691. The highest BCUT2D eigenvalue weighted by molar-refractivity contribution is 6.31. The molecule has 1 aromatic carbocycles. The van der Waals surface area contributed by atoms with E-state index < -0.39 is 12.0 Å². The van der Waals surface area contributed by atoms with Crippen LogP contribution in [0.2, 0.25) is 5.02 Å². The van der Waals surface area contributed by atoms with Gasteiger partial charge in [-0.15, -0.1) is 0 Å². The van der Waals surface area contributed by atoms with Crippen LogP contribution in [0.3, 0.4) is 0 Å². The van der Waals surface area contributed by atoms with Crippen molar-refractivity contribution in [3.05, 3.63) is 28.8 Å². The van der Waals surface area contributed by atoms with Crippen LogP contribution in [-0.4, -0.2) is 29.3 Å². The van der Waals surface area contributed by atoms with Crippen LogP contribution < -0.4 is 5.32 Å². The van der Waals surface area contributed by atoms with Crippen molar-refractivity contribution in [3.8, 4) is 5.75 Å². The maximum atomic E-state index is 10.8. The minimum absolute atomic E-state index is 0.0695. The molecule has 0 aliphatic rings. The number of carboxylic acid groups (broad SMARTS) is 1. The third-order valence-electron chi connectivity index (χ3n) is 2.11. The molecule has 1 atom stereocenters. The van der Waals surface area contributed by atoms with Crippen LogP contribution in [0.15, 0.2) is 18.2 Å². The first-order valence-corrected chi connectivity index (χ1v) is 4.80. The van der Waals surface area contributed by atoms with Crippen molar-refractivity contribution in [3.63, 3.8) is 0 Å². The average molecular weight is 230 g/mol. The monoisotopic (exact) mass is 229 g/mol. The number of nitrogens with one attached hydrogen (secondary N) is 1. The van der Waals surface area contributed by atoms with E-state index in [-0.39, 0.29) is 12.2 Å². The average Bonchev–Trinajstić information content (AvgIpc) is 2.16. The molecule has 15 heavy (non-hydrogen) atoms. The van der Waals surface area contributed by atoms with E-state index in [0.29, 0.717) is 10.6 Å². The van der Waals surface area contributed by atoms with Crippen LogP contribution in [0.5, 0.6) is 5.75 Å². The van der Waals surface area contributed by atoms with Gasteiger partial charge in [-0.2, -0.15) is 0 Å². The second-order valence-electron chi connectivity index (χ2n) is 3.16. The van der Waals surface area contributed by atoms with Crippen molar-refractivity contribution in [2.45, 2.75) is 12.5 Å². The third kappa shape index (κ3) is 3.11. The first-order valence-electron chi connectivity index (χ1n) is 4.42. The number of rotatable bonds is 4. The van der Waals surface area contributed by atoms with Crippen molar-refractivity contribution in [2.75, 3.05) is 7.05 Å². The number of likely N-dealkylation sites (N-methyl/N-ethyl adjacent to an activating group) is 1.